The van der Waals surface area contributed by atoms with Crippen molar-refractivity contribution in [3.63, 3.8) is 0 Å². The summed E-state index contributed by atoms with van der Waals surface area (Å²) in [7, 11) is 4.94. The van der Waals surface area contributed by atoms with E-state index >= 15 is 0 Å². The monoisotopic (exact) mass is 688 g/mol. The lowest BCUT2D eigenvalue weighted by atomic mass is 10.1. The SMILES string of the molecule is CC(=O)c1ccc(C(C)=O)cc1.CC(=O)c1cccc(C(C)=O)c1.COc1ccc(-c2ccc(OC)cc2)cc1.COc1ccc(C(C)=O)cc1. The van der Waals surface area contributed by atoms with Gasteiger partial charge in [0.25, 0.3) is 0 Å². The Bertz CT molecular complexity index is 1780. The molecule has 0 aliphatic heterocycles. The van der Waals surface area contributed by atoms with E-state index in [2.05, 4.69) is 0 Å². The first-order valence-corrected chi connectivity index (χ1v) is 16.0. The fourth-order valence-corrected chi connectivity index (χ4v) is 4.29. The van der Waals surface area contributed by atoms with Crippen molar-refractivity contribution in [2.75, 3.05) is 21.3 Å². The molecule has 0 atom stereocenters. The molecule has 0 saturated carbocycles. The van der Waals surface area contributed by atoms with Crippen LogP contribution in [0.3, 0.4) is 0 Å². The molecule has 0 amide bonds. The average Bonchev–Trinajstić information content (AvgIpc) is 3.15. The van der Waals surface area contributed by atoms with Crippen molar-refractivity contribution >= 4 is 28.9 Å². The molecule has 0 aliphatic carbocycles. The third-order valence-electron chi connectivity index (χ3n) is 7.38. The molecule has 8 heteroatoms. The lowest BCUT2D eigenvalue weighted by Crippen LogP contribution is -1.96. The number of hydrogen-bond donors (Lipinski definition) is 0. The number of methoxy groups -OCH3 is 3. The zero-order chi connectivity index (χ0) is 37.9. The quantitative estimate of drug-likeness (QED) is 0.141. The van der Waals surface area contributed by atoms with E-state index in [4.69, 9.17) is 14.2 Å². The Kier molecular flexibility index (Phi) is 16.9. The van der Waals surface area contributed by atoms with Gasteiger partial charge < -0.3 is 14.2 Å². The molecule has 0 aromatic heterocycles. The first kappa shape index (κ1) is 41.0. The van der Waals surface area contributed by atoms with Gasteiger partial charge in [0, 0.05) is 27.8 Å². The Balaban J connectivity index is 0.000000239. The maximum Gasteiger partial charge on any atom is 0.159 e. The van der Waals surface area contributed by atoms with Crippen molar-refractivity contribution < 1.29 is 38.2 Å². The van der Waals surface area contributed by atoms with Crippen LogP contribution in [0.15, 0.2) is 121 Å². The van der Waals surface area contributed by atoms with Gasteiger partial charge in [-0.2, -0.15) is 0 Å². The van der Waals surface area contributed by atoms with E-state index < -0.39 is 0 Å². The van der Waals surface area contributed by atoms with Gasteiger partial charge >= 0.3 is 0 Å². The first-order chi connectivity index (χ1) is 24.3. The highest BCUT2D eigenvalue weighted by Crippen LogP contribution is 2.24. The second-order valence-corrected chi connectivity index (χ2v) is 11.1. The molecule has 0 heterocycles. The van der Waals surface area contributed by atoms with Crippen LogP contribution in [0.4, 0.5) is 0 Å². The number of ether oxygens (including phenoxy) is 3. The highest BCUT2D eigenvalue weighted by molar-refractivity contribution is 5.99. The van der Waals surface area contributed by atoms with Crippen LogP contribution >= 0.6 is 0 Å². The van der Waals surface area contributed by atoms with E-state index in [0.717, 1.165) is 17.2 Å². The second-order valence-electron chi connectivity index (χ2n) is 11.1. The molecular formula is C43H44O8. The molecule has 5 aromatic rings. The Morgan fingerprint density at radius 1 is 0.333 bits per heavy atom. The normalized spacial score (nSPS) is 9.57. The van der Waals surface area contributed by atoms with Crippen molar-refractivity contribution in [3.05, 3.63) is 149 Å². The second kappa shape index (κ2) is 21.0. The van der Waals surface area contributed by atoms with Gasteiger partial charge in [-0.1, -0.05) is 66.7 Å². The smallest absolute Gasteiger partial charge is 0.159 e. The summed E-state index contributed by atoms with van der Waals surface area (Å²) < 4.78 is 15.2. The van der Waals surface area contributed by atoms with Crippen molar-refractivity contribution in [2.24, 2.45) is 0 Å². The molecule has 0 radical (unpaired) electrons. The predicted molar refractivity (Wildman–Crippen MR) is 201 cm³/mol. The molecule has 0 bridgehead atoms. The average molecular weight is 689 g/mol. The molecule has 264 valence electrons. The van der Waals surface area contributed by atoms with Gasteiger partial charge in [-0.05, 0) is 100 Å². The molecule has 8 nitrogen and oxygen atoms in total. The summed E-state index contributed by atoms with van der Waals surface area (Å²) in [6, 6.07) is 36.5. The van der Waals surface area contributed by atoms with Crippen molar-refractivity contribution in [2.45, 2.75) is 34.6 Å². The van der Waals surface area contributed by atoms with Crippen molar-refractivity contribution in [1.29, 1.82) is 0 Å². The van der Waals surface area contributed by atoms with Crippen LogP contribution in [0, 0.1) is 0 Å². The topological polar surface area (TPSA) is 113 Å². The van der Waals surface area contributed by atoms with Gasteiger partial charge in [-0.25, -0.2) is 0 Å². The zero-order valence-corrected chi connectivity index (χ0v) is 30.3. The van der Waals surface area contributed by atoms with E-state index in [0.29, 0.717) is 27.8 Å². The number of carbonyl (C=O) groups excluding carboxylic acids is 5. The maximum absolute atomic E-state index is 10.9. The van der Waals surface area contributed by atoms with Crippen LogP contribution in [-0.4, -0.2) is 50.2 Å². The Morgan fingerprint density at radius 3 is 0.804 bits per heavy atom. The Morgan fingerprint density at radius 2 is 0.569 bits per heavy atom. The lowest BCUT2D eigenvalue weighted by molar-refractivity contribution is 0.100. The Labute approximate surface area is 300 Å². The molecular weight excluding hydrogens is 644 g/mol. The summed E-state index contributed by atoms with van der Waals surface area (Å²) in [5.41, 5.74) is 5.50. The van der Waals surface area contributed by atoms with Gasteiger partial charge in [-0.15, -0.1) is 0 Å². The highest BCUT2D eigenvalue weighted by Gasteiger charge is 2.03. The van der Waals surface area contributed by atoms with E-state index in [1.165, 1.54) is 38.8 Å². The summed E-state index contributed by atoms with van der Waals surface area (Å²) >= 11 is 0. The lowest BCUT2D eigenvalue weighted by Gasteiger charge is -2.05. The van der Waals surface area contributed by atoms with Crippen LogP contribution in [0.5, 0.6) is 17.2 Å². The minimum Gasteiger partial charge on any atom is -0.497 e. The summed E-state index contributed by atoms with van der Waals surface area (Å²) in [5, 5.41) is 0. The van der Waals surface area contributed by atoms with Crippen molar-refractivity contribution in [1.82, 2.24) is 0 Å². The van der Waals surface area contributed by atoms with E-state index in [1.54, 1.807) is 101 Å². The molecule has 0 saturated heterocycles. The molecule has 0 N–H and O–H groups in total. The number of carbonyl (C=O) groups is 5. The van der Waals surface area contributed by atoms with Crippen LogP contribution in [0.25, 0.3) is 11.1 Å². The summed E-state index contributed by atoms with van der Waals surface area (Å²) in [4.78, 5) is 54.3. The summed E-state index contributed by atoms with van der Waals surface area (Å²) in [6.07, 6.45) is 0. The first-order valence-electron chi connectivity index (χ1n) is 16.0. The Hall–Kier alpha value is -6.15. The molecule has 0 fully saturated rings. The maximum atomic E-state index is 10.9. The summed E-state index contributed by atoms with van der Waals surface area (Å²) in [6.45, 7) is 7.52. The predicted octanol–water partition coefficient (Wildman–Crippen LogP) is 9.45. The van der Waals surface area contributed by atoms with Crippen LogP contribution in [0.2, 0.25) is 0 Å². The number of Topliss-reactive ketones (excluding diaryl/α,β-unsaturated/α-hetero) is 5. The zero-order valence-electron chi connectivity index (χ0n) is 30.3. The van der Waals surface area contributed by atoms with Gasteiger partial charge in [0.1, 0.15) is 17.2 Å². The molecule has 5 rings (SSSR count). The van der Waals surface area contributed by atoms with Gasteiger partial charge in [0.15, 0.2) is 28.9 Å². The number of benzene rings is 5. The van der Waals surface area contributed by atoms with Crippen LogP contribution in [-0.2, 0) is 0 Å². The molecule has 51 heavy (non-hydrogen) atoms. The van der Waals surface area contributed by atoms with Gasteiger partial charge in [-0.3, -0.25) is 24.0 Å². The molecule has 0 aliphatic rings. The van der Waals surface area contributed by atoms with E-state index in [1.807, 2.05) is 48.5 Å². The number of rotatable bonds is 9. The fourth-order valence-electron chi connectivity index (χ4n) is 4.29. The standard InChI is InChI=1S/C14H14O2.2C10H10O2.C9H10O2/c1-15-13-7-3-11(4-8-13)12-5-9-14(16-2)10-6-12;1-7(11)9-3-5-10(6-4-9)8(2)12;1-7(11)9-4-3-5-10(6-9)8(2)12;1-7(10)8-3-5-9(11-2)6-4-8/h3-10H,1-2H3;2*3-6H,1-2H3;3-6H,1-2H3. The van der Waals surface area contributed by atoms with Crippen LogP contribution in [0.1, 0.15) is 86.4 Å². The summed E-state index contributed by atoms with van der Waals surface area (Å²) in [5.74, 6) is 2.60. The largest absolute Gasteiger partial charge is 0.497 e. The third-order valence-corrected chi connectivity index (χ3v) is 7.38. The molecule has 0 spiro atoms. The van der Waals surface area contributed by atoms with Gasteiger partial charge in [0.05, 0.1) is 21.3 Å². The van der Waals surface area contributed by atoms with Crippen molar-refractivity contribution in [3.8, 4) is 28.4 Å². The van der Waals surface area contributed by atoms with E-state index in [-0.39, 0.29) is 28.9 Å². The fraction of sp³-hybridized carbons (Fsp3) is 0.186. The molecule has 0 unspecified atom stereocenters. The minimum atomic E-state index is -0.0156. The van der Waals surface area contributed by atoms with Gasteiger partial charge in [0.2, 0.25) is 0 Å². The minimum absolute atomic E-state index is 0.0156. The molecule has 5 aromatic carbocycles. The third kappa shape index (κ3) is 14.1. The highest BCUT2D eigenvalue weighted by atomic mass is 16.5. The number of ketones is 5. The van der Waals surface area contributed by atoms with Crippen LogP contribution < -0.4 is 14.2 Å². The number of hydrogen-bond acceptors (Lipinski definition) is 8. The van der Waals surface area contributed by atoms with E-state index in [9.17, 15) is 24.0 Å².